The molecule has 1 aromatic rings. The fourth-order valence-electron chi connectivity index (χ4n) is 4.47. The first-order valence-corrected chi connectivity index (χ1v) is 9.64. The number of carbonyl (C=O) groups is 3. The molecular formula is C21H23F3N2O4. The lowest BCUT2D eigenvalue weighted by atomic mass is 9.86. The first kappa shape index (κ1) is 21.9. The van der Waals surface area contributed by atoms with Gasteiger partial charge in [-0.1, -0.05) is 25.0 Å². The van der Waals surface area contributed by atoms with E-state index in [9.17, 15) is 27.6 Å². The molecule has 1 aromatic carbocycles. The number of hydrogen-bond acceptors (Lipinski definition) is 4. The number of nitrogens with zero attached hydrogens (tertiary/aromatic N) is 1. The van der Waals surface area contributed by atoms with Crippen LogP contribution in [0.3, 0.4) is 0 Å². The van der Waals surface area contributed by atoms with E-state index in [1.165, 1.54) is 32.2 Å². The molecule has 0 bridgehead atoms. The second kappa shape index (κ2) is 7.77. The van der Waals surface area contributed by atoms with Gasteiger partial charge >= 0.3 is 6.18 Å². The fourth-order valence-corrected chi connectivity index (χ4v) is 4.47. The van der Waals surface area contributed by atoms with Crippen LogP contribution >= 0.6 is 0 Å². The molecule has 1 aliphatic carbocycles. The van der Waals surface area contributed by atoms with E-state index < -0.39 is 40.9 Å². The second-order valence-electron chi connectivity index (χ2n) is 7.53. The molecule has 162 valence electrons. The van der Waals surface area contributed by atoms with Gasteiger partial charge < -0.3 is 15.0 Å². The molecule has 0 spiro atoms. The van der Waals surface area contributed by atoms with Crippen LogP contribution < -0.4 is 10.1 Å². The van der Waals surface area contributed by atoms with Crippen LogP contribution in [0.1, 0.15) is 49.9 Å². The van der Waals surface area contributed by atoms with Gasteiger partial charge in [-0.15, -0.1) is 0 Å². The van der Waals surface area contributed by atoms with Crippen LogP contribution in [-0.4, -0.2) is 47.4 Å². The van der Waals surface area contributed by atoms with Gasteiger partial charge in [-0.05, 0) is 38.8 Å². The lowest BCUT2D eigenvalue weighted by Gasteiger charge is -2.34. The molecule has 6 nitrogen and oxygen atoms in total. The van der Waals surface area contributed by atoms with Crippen LogP contribution in [-0.2, 0) is 9.59 Å². The first-order chi connectivity index (χ1) is 14.1. The number of amides is 2. The van der Waals surface area contributed by atoms with Gasteiger partial charge in [0.15, 0.2) is 5.78 Å². The van der Waals surface area contributed by atoms with Crippen molar-refractivity contribution in [1.29, 1.82) is 0 Å². The predicted molar refractivity (Wildman–Crippen MR) is 102 cm³/mol. The molecule has 1 fully saturated rings. The van der Waals surface area contributed by atoms with Gasteiger partial charge in [-0.3, -0.25) is 14.4 Å². The number of carbonyl (C=O) groups excluding carboxylic acids is 3. The number of halogens is 3. The number of nitrogens with one attached hydrogen (secondary N) is 1. The van der Waals surface area contributed by atoms with Crippen molar-refractivity contribution in [2.75, 3.05) is 7.11 Å². The molecule has 1 N–H and O–H groups in total. The molecule has 9 heteroatoms. The highest BCUT2D eigenvalue weighted by Gasteiger charge is 2.70. The number of para-hydroxylation sites is 1. The molecule has 2 amide bonds. The Kier molecular flexibility index (Phi) is 5.66. The molecule has 0 unspecified atom stereocenters. The summed E-state index contributed by atoms with van der Waals surface area (Å²) in [5, 5.41) is 1.87. The third kappa shape index (κ3) is 3.26. The highest BCUT2D eigenvalue weighted by Crippen LogP contribution is 2.47. The van der Waals surface area contributed by atoms with Crippen molar-refractivity contribution >= 4 is 17.6 Å². The van der Waals surface area contributed by atoms with Crippen LogP contribution in [0.25, 0.3) is 0 Å². The molecule has 30 heavy (non-hydrogen) atoms. The fraction of sp³-hybridized carbons (Fsp3) is 0.476. The zero-order chi connectivity index (χ0) is 22.3. The van der Waals surface area contributed by atoms with E-state index in [4.69, 9.17) is 4.74 Å². The summed E-state index contributed by atoms with van der Waals surface area (Å²) in [6.07, 6.45) is -2.57. The maximum Gasteiger partial charge on any atom is 0.425 e. The molecule has 0 aromatic heterocycles. The maximum absolute atomic E-state index is 14.5. The van der Waals surface area contributed by atoms with Crippen molar-refractivity contribution in [2.24, 2.45) is 0 Å². The Morgan fingerprint density at radius 3 is 2.33 bits per heavy atom. The Bertz CT molecular complexity index is 919. The van der Waals surface area contributed by atoms with Crippen molar-refractivity contribution in [1.82, 2.24) is 10.2 Å². The number of rotatable bonds is 5. The number of benzene rings is 1. The SMILES string of the molecule is COc1ccccc1C(=O)N[C@]1(C(F)(F)F)C(=O)N(C2CCCC2)C(C)=C1C(C)=O. The van der Waals surface area contributed by atoms with Crippen molar-refractivity contribution in [3.05, 3.63) is 41.1 Å². The normalized spacial score (nSPS) is 22.6. The van der Waals surface area contributed by atoms with Gasteiger partial charge in [0, 0.05) is 11.7 Å². The van der Waals surface area contributed by atoms with Crippen LogP contribution in [0.15, 0.2) is 35.5 Å². The summed E-state index contributed by atoms with van der Waals surface area (Å²) in [5.41, 5.74) is -4.41. The summed E-state index contributed by atoms with van der Waals surface area (Å²) in [6.45, 7) is 2.30. The summed E-state index contributed by atoms with van der Waals surface area (Å²) in [4.78, 5) is 39.6. The van der Waals surface area contributed by atoms with Gasteiger partial charge in [0.05, 0.1) is 18.2 Å². The van der Waals surface area contributed by atoms with Crippen LogP contribution in [0.5, 0.6) is 5.75 Å². The van der Waals surface area contributed by atoms with Crippen LogP contribution in [0.4, 0.5) is 13.2 Å². The number of ketones is 1. The molecule has 3 rings (SSSR count). The van der Waals surface area contributed by atoms with E-state index >= 15 is 0 Å². The summed E-state index contributed by atoms with van der Waals surface area (Å²) >= 11 is 0. The average Bonchev–Trinajstić information content (AvgIpc) is 3.26. The van der Waals surface area contributed by atoms with Gasteiger partial charge in [0.1, 0.15) is 5.75 Å². The number of ether oxygens (including phenoxy) is 1. The van der Waals surface area contributed by atoms with Crippen molar-refractivity contribution in [3.8, 4) is 5.75 Å². The van der Waals surface area contributed by atoms with E-state index in [1.54, 1.807) is 6.07 Å². The average molecular weight is 424 g/mol. The minimum atomic E-state index is -5.22. The van der Waals surface area contributed by atoms with Crippen molar-refractivity contribution in [2.45, 2.75) is 57.3 Å². The Morgan fingerprint density at radius 2 is 1.80 bits per heavy atom. The van der Waals surface area contributed by atoms with Gasteiger partial charge in [-0.2, -0.15) is 13.2 Å². The standard InChI is InChI=1S/C21H23F3N2O4/c1-12-17(13(2)27)20(21(22,23)24,19(29)26(12)14-8-4-5-9-14)25-18(28)15-10-6-7-11-16(15)30-3/h6-7,10-11,14H,4-5,8-9H2,1-3H3,(H,25,28)/t20-/m0/s1. The van der Waals surface area contributed by atoms with Gasteiger partial charge in [0.2, 0.25) is 5.54 Å². The molecule has 1 saturated carbocycles. The predicted octanol–water partition coefficient (Wildman–Crippen LogP) is 3.37. The smallest absolute Gasteiger partial charge is 0.425 e. The van der Waals surface area contributed by atoms with Crippen LogP contribution in [0.2, 0.25) is 0 Å². The second-order valence-corrected chi connectivity index (χ2v) is 7.53. The monoisotopic (exact) mass is 424 g/mol. The lowest BCUT2D eigenvalue weighted by molar-refractivity contribution is -0.191. The zero-order valence-corrected chi connectivity index (χ0v) is 16.9. The van der Waals surface area contributed by atoms with E-state index in [2.05, 4.69) is 0 Å². The number of allylic oxidation sites excluding steroid dienone is 1. The minimum absolute atomic E-state index is 0.0514. The zero-order valence-electron chi connectivity index (χ0n) is 16.9. The number of hydrogen-bond donors (Lipinski definition) is 1. The topological polar surface area (TPSA) is 75.7 Å². The number of methoxy groups -OCH3 is 1. The van der Waals surface area contributed by atoms with Crippen molar-refractivity contribution in [3.63, 3.8) is 0 Å². The van der Waals surface area contributed by atoms with E-state index in [1.807, 2.05) is 5.32 Å². The van der Waals surface area contributed by atoms with E-state index in [0.717, 1.165) is 24.7 Å². The third-order valence-electron chi connectivity index (χ3n) is 5.76. The summed E-state index contributed by atoms with van der Waals surface area (Å²) in [5.74, 6) is -3.36. The Balaban J connectivity index is 2.15. The van der Waals surface area contributed by atoms with E-state index in [0.29, 0.717) is 12.8 Å². The lowest BCUT2D eigenvalue weighted by Crippen LogP contribution is -2.66. The molecule has 2 aliphatic rings. The number of alkyl halides is 3. The third-order valence-corrected chi connectivity index (χ3v) is 5.76. The molecule has 1 atom stereocenters. The van der Waals surface area contributed by atoms with E-state index in [-0.39, 0.29) is 17.0 Å². The summed E-state index contributed by atoms with van der Waals surface area (Å²) < 4.78 is 48.5. The van der Waals surface area contributed by atoms with Gasteiger partial charge in [-0.25, -0.2) is 0 Å². The Hall–Kier alpha value is -2.84. The Morgan fingerprint density at radius 1 is 1.20 bits per heavy atom. The Labute approximate surface area is 172 Å². The molecule has 1 aliphatic heterocycles. The highest BCUT2D eigenvalue weighted by atomic mass is 19.4. The van der Waals surface area contributed by atoms with Gasteiger partial charge in [0.25, 0.3) is 11.8 Å². The molecule has 0 radical (unpaired) electrons. The van der Waals surface area contributed by atoms with Crippen molar-refractivity contribution < 1.29 is 32.3 Å². The molecule has 1 heterocycles. The maximum atomic E-state index is 14.5. The first-order valence-electron chi connectivity index (χ1n) is 9.64. The summed E-state index contributed by atoms with van der Waals surface area (Å²) in [7, 11) is 1.28. The van der Waals surface area contributed by atoms with Crippen LogP contribution in [0, 0.1) is 0 Å². The largest absolute Gasteiger partial charge is 0.496 e. The quantitative estimate of drug-likeness (QED) is 0.787. The number of Topliss-reactive ketones (excluding diaryl/α,β-unsaturated/α-hetero) is 1. The summed E-state index contributed by atoms with van der Waals surface area (Å²) in [6, 6.07) is 5.30. The highest BCUT2D eigenvalue weighted by molar-refractivity contribution is 6.13. The molecular weight excluding hydrogens is 401 g/mol. The minimum Gasteiger partial charge on any atom is -0.496 e. The molecule has 0 saturated heterocycles.